The molecule has 2 atom stereocenters. The molecule has 0 bridgehead atoms. The van der Waals surface area contributed by atoms with E-state index in [4.69, 9.17) is 4.74 Å². The predicted molar refractivity (Wildman–Crippen MR) is 82.7 cm³/mol. The summed E-state index contributed by atoms with van der Waals surface area (Å²) in [6.45, 7) is 3.54. The van der Waals surface area contributed by atoms with Gasteiger partial charge in [-0.3, -0.25) is 4.79 Å². The fourth-order valence-electron chi connectivity index (χ4n) is 2.75. The molecule has 1 aliphatic heterocycles. The highest BCUT2D eigenvalue weighted by molar-refractivity contribution is 5.93. The van der Waals surface area contributed by atoms with Crippen molar-refractivity contribution in [3.05, 3.63) is 18.0 Å². The lowest BCUT2D eigenvalue weighted by atomic mass is 9.80. The summed E-state index contributed by atoms with van der Waals surface area (Å²) in [6.07, 6.45) is 4.19. The molecular formula is C15H24N4O3. The second-order valence-corrected chi connectivity index (χ2v) is 5.79. The van der Waals surface area contributed by atoms with E-state index in [9.17, 15) is 9.90 Å². The van der Waals surface area contributed by atoms with Crippen LogP contribution in [0, 0.1) is 5.92 Å². The molecule has 122 valence electrons. The molecule has 1 fully saturated rings. The van der Waals surface area contributed by atoms with Crippen LogP contribution in [0.1, 0.15) is 30.1 Å². The minimum Gasteiger partial charge on any atom is -0.389 e. The molecule has 1 saturated heterocycles. The molecule has 0 aliphatic carbocycles. The van der Waals surface area contributed by atoms with Gasteiger partial charge in [0.2, 0.25) is 5.95 Å². The number of nitrogens with zero attached hydrogens (tertiary/aromatic N) is 3. The summed E-state index contributed by atoms with van der Waals surface area (Å²) < 4.78 is 5.06. The summed E-state index contributed by atoms with van der Waals surface area (Å²) in [7, 11) is 3.35. The Kier molecular flexibility index (Phi) is 5.31. The molecule has 7 heteroatoms. The minimum atomic E-state index is -0.765. The summed E-state index contributed by atoms with van der Waals surface area (Å²) >= 11 is 0. The Balaban J connectivity index is 2.01. The van der Waals surface area contributed by atoms with Gasteiger partial charge in [-0.15, -0.1) is 0 Å². The molecule has 0 aromatic carbocycles. The van der Waals surface area contributed by atoms with E-state index >= 15 is 0 Å². The molecular weight excluding hydrogens is 284 g/mol. The number of nitrogens with one attached hydrogen (secondary N) is 1. The molecule has 2 N–H and O–H groups in total. The molecule has 1 aromatic heterocycles. The number of carbonyl (C=O) groups excluding carboxylic acids is 1. The van der Waals surface area contributed by atoms with Gasteiger partial charge in [0.25, 0.3) is 5.91 Å². The van der Waals surface area contributed by atoms with Gasteiger partial charge in [0.05, 0.1) is 11.2 Å². The lowest BCUT2D eigenvalue weighted by Crippen LogP contribution is -2.52. The summed E-state index contributed by atoms with van der Waals surface area (Å²) in [5.41, 5.74) is -0.298. The van der Waals surface area contributed by atoms with Gasteiger partial charge in [-0.05, 0) is 12.8 Å². The van der Waals surface area contributed by atoms with Crippen LogP contribution in [0.4, 0.5) is 5.95 Å². The third-order valence-electron chi connectivity index (χ3n) is 4.37. The first-order chi connectivity index (χ1) is 10.5. The van der Waals surface area contributed by atoms with Gasteiger partial charge in [-0.25, -0.2) is 9.97 Å². The number of ether oxygens (including phenoxy) is 1. The highest BCUT2D eigenvalue weighted by Crippen LogP contribution is 2.31. The zero-order chi connectivity index (χ0) is 16.2. The number of methoxy groups -OCH3 is 1. The van der Waals surface area contributed by atoms with Crippen molar-refractivity contribution in [3.63, 3.8) is 0 Å². The molecule has 1 aliphatic rings. The minimum absolute atomic E-state index is 0.00199. The molecule has 7 nitrogen and oxygen atoms in total. The molecule has 0 saturated carbocycles. The van der Waals surface area contributed by atoms with Crippen LogP contribution in [0.2, 0.25) is 0 Å². The zero-order valence-electron chi connectivity index (χ0n) is 13.4. The fourth-order valence-corrected chi connectivity index (χ4v) is 2.75. The van der Waals surface area contributed by atoms with E-state index in [2.05, 4.69) is 15.3 Å². The highest BCUT2D eigenvalue weighted by Gasteiger charge is 2.39. The van der Waals surface area contributed by atoms with E-state index in [0.29, 0.717) is 44.0 Å². The number of aromatic nitrogens is 2. The Morgan fingerprint density at radius 1 is 1.55 bits per heavy atom. The van der Waals surface area contributed by atoms with Gasteiger partial charge in [0.1, 0.15) is 0 Å². The van der Waals surface area contributed by atoms with Gasteiger partial charge in [-0.1, -0.05) is 6.92 Å². The first-order valence-corrected chi connectivity index (χ1v) is 7.50. The van der Waals surface area contributed by atoms with E-state index in [1.807, 2.05) is 6.92 Å². The second-order valence-electron chi connectivity index (χ2n) is 5.79. The zero-order valence-corrected chi connectivity index (χ0v) is 13.4. The molecule has 22 heavy (non-hydrogen) atoms. The van der Waals surface area contributed by atoms with Crippen LogP contribution < -0.4 is 5.32 Å². The van der Waals surface area contributed by atoms with Crippen LogP contribution in [0.15, 0.2) is 12.4 Å². The van der Waals surface area contributed by atoms with Crippen LogP contribution in [0.5, 0.6) is 0 Å². The fraction of sp³-hybridized carbons (Fsp3) is 0.667. The molecule has 0 unspecified atom stereocenters. The maximum absolute atomic E-state index is 12.5. The second kappa shape index (κ2) is 7.02. The maximum Gasteiger partial charge on any atom is 0.257 e. The van der Waals surface area contributed by atoms with Gasteiger partial charge in [-0.2, -0.15) is 0 Å². The van der Waals surface area contributed by atoms with Crippen molar-refractivity contribution in [2.24, 2.45) is 5.92 Å². The SMILES string of the molecule is CNc1ncc(C(=O)N2CC[C@@](O)(CCOC)[C@H](C)C2)cn1. The Bertz CT molecular complexity index is 508. The number of carbonyl (C=O) groups is 1. The Labute approximate surface area is 130 Å². The summed E-state index contributed by atoms with van der Waals surface area (Å²) in [5.74, 6) is 0.388. The molecule has 2 heterocycles. The number of rotatable bonds is 5. The average molecular weight is 308 g/mol. The number of likely N-dealkylation sites (tertiary alicyclic amines) is 1. The van der Waals surface area contributed by atoms with Crippen LogP contribution >= 0.6 is 0 Å². The van der Waals surface area contributed by atoms with Crippen molar-refractivity contribution in [3.8, 4) is 0 Å². The Hall–Kier alpha value is -1.73. The van der Waals surface area contributed by atoms with Crippen molar-refractivity contribution in [2.45, 2.75) is 25.4 Å². The standard InChI is InChI=1S/C15H24N4O3/c1-11-10-19(6-4-15(11,21)5-7-22-3)13(20)12-8-17-14(16-2)18-9-12/h8-9,11,21H,4-7,10H2,1-3H3,(H,16,17,18)/t11-,15-/m1/s1. The predicted octanol–water partition coefficient (Wildman–Crippen LogP) is 0.768. The van der Waals surface area contributed by atoms with Crippen LogP contribution in [-0.4, -0.2) is 65.3 Å². The molecule has 2 rings (SSSR count). The van der Waals surface area contributed by atoms with Crippen molar-refractivity contribution in [1.29, 1.82) is 0 Å². The van der Waals surface area contributed by atoms with Crippen molar-refractivity contribution < 1.29 is 14.6 Å². The van der Waals surface area contributed by atoms with E-state index in [1.165, 1.54) is 12.4 Å². The lowest BCUT2D eigenvalue weighted by molar-refractivity contribution is -0.0750. The van der Waals surface area contributed by atoms with Crippen molar-refractivity contribution >= 4 is 11.9 Å². The van der Waals surface area contributed by atoms with Gasteiger partial charge >= 0.3 is 0 Å². The lowest BCUT2D eigenvalue weighted by Gasteiger charge is -2.43. The van der Waals surface area contributed by atoms with Crippen LogP contribution in [0.3, 0.4) is 0 Å². The highest BCUT2D eigenvalue weighted by atomic mass is 16.5. The molecule has 0 radical (unpaired) electrons. The van der Waals surface area contributed by atoms with Crippen molar-refractivity contribution in [1.82, 2.24) is 14.9 Å². The normalized spacial score (nSPS) is 25.1. The molecule has 0 spiro atoms. The van der Waals surface area contributed by atoms with E-state index < -0.39 is 5.60 Å². The Morgan fingerprint density at radius 2 is 2.23 bits per heavy atom. The monoisotopic (exact) mass is 308 g/mol. The smallest absolute Gasteiger partial charge is 0.257 e. The number of hydrogen-bond acceptors (Lipinski definition) is 6. The topological polar surface area (TPSA) is 87.6 Å². The number of piperidine rings is 1. The van der Waals surface area contributed by atoms with Crippen LogP contribution in [-0.2, 0) is 4.74 Å². The largest absolute Gasteiger partial charge is 0.389 e. The summed E-state index contributed by atoms with van der Waals surface area (Å²) in [4.78, 5) is 22.4. The summed E-state index contributed by atoms with van der Waals surface area (Å²) in [5, 5.41) is 13.5. The third kappa shape index (κ3) is 3.53. The van der Waals surface area contributed by atoms with Gasteiger partial charge < -0.3 is 20.1 Å². The third-order valence-corrected chi connectivity index (χ3v) is 4.37. The van der Waals surface area contributed by atoms with Crippen molar-refractivity contribution in [2.75, 3.05) is 39.2 Å². The molecule has 1 amide bonds. The van der Waals surface area contributed by atoms with E-state index in [-0.39, 0.29) is 11.8 Å². The van der Waals surface area contributed by atoms with E-state index in [1.54, 1.807) is 19.1 Å². The number of amides is 1. The first-order valence-electron chi connectivity index (χ1n) is 7.50. The quantitative estimate of drug-likeness (QED) is 0.835. The Morgan fingerprint density at radius 3 is 2.77 bits per heavy atom. The van der Waals surface area contributed by atoms with Crippen LogP contribution in [0.25, 0.3) is 0 Å². The number of anilines is 1. The molecule has 1 aromatic rings. The van der Waals surface area contributed by atoms with E-state index in [0.717, 1.165) is 0 Å². The maximum atomic E-state index is 12.5. The van der Waals surface area contributed by atoms with Gasteiger partial charge in [0.15, 0.2) is 0 Å². The number of hydrogen-bond donors (Lipinski definition) is 2. The summed E-state index contributed by atoms with van der Waals surface area (Å²) in [6, 6.07) is 0. The average Bonchev–Trinajstić information content (AvgIpc) is 2.55. The van der Waals surface area contributed by atoms with Gasteiger partial charge in [0, 0.05) is 52.2 Å². The number of aliphatic hydroxyl groups is 1. The first kappa shape index (κ1) is 16.6.